The highest BCUT2D eigenvalue weighted by Gasteiger charge is 1.97. The number of carbonyl (C=O) groups excluding carboxylic acids is 1. The van der Waals surface area contributed by atoms with E-state index in [4.69, 9.17) is 0 Å². The van der Waals surface area contributed by atoms with E-state index in [2.05, 4.69) is 16.9 Å². The standard InChI is InChI=1S/C6H11NO2/c1-5(2)4-6(8)7-9-3/h1,4H2,2-3H3,(H,7,8). The van der Waals surface area contributed by atoms with Crippen LogP contribution in [0.25, 0.3) is 0 Å². The number of nitrogens with one attached hydrogen (secondary N) is 1. The van der Waals surface area contributed by atoms with Crippen molar-refractivity contribution in [3.8, 4) is 0 Å². The molecule has 0 bridgehead atoms. The lowest BCUT2D eigenvalue weighted by molar-refractivity contribution is -0.130. The number of hydroxylamine groups is 1. The Morgan fingerprint density at radius 2 is 2.33 bits per heavy atom. The fraction of sp³-hybridized carbons (Fsp3) is 0.500. The van der Waals surface area contributed by atoms with Gasteiger partial charge in [-0.25, -0.2) is 5.48 Å². The molecule has 0 unspecified atom stereocenters. The maximum Gasteiger partial charge on any atom is 0.247 e. The highest BCUT2D eigenvalue weighted by atomic mass is 16.6. The summed E-state index contributed by atoms with van der Waals surface area (Å²) >= 11 is 0. The summed E-state index contributed by atoms with van der Waals surface area (Å²) in [6.07, 6.45) is 0.327. The van der Waals surface area contributed by atoms with E-state index in [9.17, 15) is 4.79 Å². The smallest absolute Gasteiger partial charge is 0.247 e. The molecule has 9 heavy (non-hydrogen) atoms. The van der Waals surface area contributed by atoms with Crippen molar-refractivity contribution >= 4 is 5.91 Å². The molecule has 0 atom stereocenters. The van der Waals surface area contributed by atoms with Crippen LogP contribution in [0.15, 0.2) is 12.2 Å². The van der Waals surface area contributed by atoms with Gasteiger partial charge < -0.3 is 0 Å². The van der Waals surface area contributed by atoms with E-state index in [0.29, 0.717) is 6.42 Å². The molecule has 0 radical (unpaired) electrons. The van der Waals surface area contributed by atoms with E-state index in [1.807, 2.05) is 0 Å². The van der Waals surface area contributed by atoms with Crippen molar-refractivity contribution in [3.63, 3.8) is 0 Å². The van der Waals surface area contributed by atoms with Crippen molar-refractivity contribution < 1.29 is 9.63 Å². The van der Waals surface area contributed by atoms with Gasteiger partial charge in [0.2, 0.25) is 5.91 Å². The van der Waals surface area contributed by atoms with Gasteiger partial charge >= 0.3 is 0 Å². The fourth-order valence-electron chi connectivity index (χ4n) is 0.424. The Morgan fingerprint density at radius 1 is 1.78 bits per heavy atom. The van der Waals surface area contributed by atoms with Crippen LogP contribution in [0.3, 0.4) is 0 Å². The van der Waals surface area contributed by atoms with Crippen LogP contribution in [0.1, 0.15) is 13.3 Å². The Morgan fingerprint density at radius 3 is 2.67 bits per heavy atom. The van der Waals surface area contributed by atoms with E-state index >= 15 is 0 Å². The summed E-state index contributed by atoms with van der Waals surface area (Å²) in [4.78, 5) is 14.9. The molecular formula is C6H11NO2. The average molecular weight is 129 g/mol. The quantitative estimate of drug-likeness (QED) is 0.448. The molecule has 0 aromatic rings. The first-order valence-corrected chi connectivity index (χ1v) is 2.63. The highest BCUT2D eigenvalue weighted by molar-refractivity contribution is 5.77. The topological polar surface area (TPSA) is 38.3 Å². The first-order chi connectivity index (χ1) is 4.16. The molecule has 0 aliphatic carbocycles. The number of carbonyl (C=O) groups is 1. The summed E-state index contributed by atoms with van der Waals surface area (Å²) in [5.41, 5.74) is 3.00. The summed E-state index contributed by atoms with van der Waals surface area (Å²) in [5, 5.41) is 0. The van der Waals surface area contributed by atoms with Gasteiger partial charge in [-0.15, -0.1) is 0 Å². The van der Waals surface area contributed by atoms with Crippen LogP contribution < -0.4 is 5.48 Å². The highest BCUT2D eigenvalue weighted by Crippen LogP contribution is 1.92. The predicted molar refractivity (Wildman–Crippen MR) is 34.6 cm³/mol. The van der Waals surface area contributed by atoms with Crippen molar-refractivity contribution in [2.45, 2.75) is 13.3 Å². The monoisotopic (exact) mass is 129 g/mol. The van der Waals surface area contributed by atoms with E-state index in [1.54, 1.807) is 6.92 Å². The third kappa shape index (κ3) is 5.03. The average Bonchev–Trinajstić information content (AvgIpc) is 1.63. The van der Waals surface area contributed by atoms with Gasteiger partial charge in [-0.05, 0) is 6.92 Å². The molecular weight excluding hydrogens is 118 g/mol. The molecule has 0 aromatic heterocycles. The van der Waals surface area contributed by atoms with Gasteiger partial charge in [-0.1, -0.05) is 12.2 Å². The first kappa shape index (κ1) is 8.17. The molecule has 0 spiro atoms. The van der Waals surface area contributed by atoms with Crippen molar-refractivity contribution in [1.29, 1.82) is 0 Å². The van der Waals surface area contributed by atoms with Crippen LogP contribution in [0.5, 0.6) is 0 Å². The van der Waals surface area contributed by atoms with Gasteiger partial charge in [0.05, 0.1) is 7.11 Å². The molecule has 0 aromatic carbocycles. The number of hydrogen-bond acceptors (Lipinski definition) is 2. The first-order valence-electron chi connectivity index (χ1n) is 2.63. The number of amides is 1. The van der Waals surface area contributed by atoms with Gasteiger partial charge in [-0.3, -0.25) is 9.63 Å². The Kier molecular flexibility index (Phi) is 3.71. The van der Waals surface area contributed by atoms with Crippen LogP contribution in [0, 0.1) is 0 Å². The van der Waals surface area contributed by atoms with Crippen LogP contribution in [0.2, 0.25) is 0 Å². The minimum Gasteiger partial charge on any atom is -0.277 e. The Hall–Kier alpha value is -0.830. The predicted octanol–water partition coefficient (Wildman–Crippen LogP) is 0.630. The lowest BCUT2D eigenvalue weighted by Crippen LogP contribution is -2.21. The molecule has 3 heteroatoms. The number of hydrogen-bond donors (Lipinski definition) is 1. The maximum absolute atomic E-state index is 10.6. The summed E-state index contributed by atoms with van der Waals surface area (Å²) in [6.45, 7) is 5.35. The zero-order valence-electron chi connectivity index (χ0n) is 5.73. The van der Waals surface area contributed by atoms with Crippen LogP contribution in [0.4, 0.5) is 0 Å². The van der Waals surface area contributed by atoms with E-state index < -0.39 is 0 Å². The number of rotatable bonds is 3. The molecule has 0 saturated heterocycles. The van der Waals surface area contributed by atoms with Crippen molar-refractivity contribution in [2.24, 2.45) is 0 Å². The van der Waals surface area contributed by atoms with Crippen LogP contribution in [-0.4, -0.2) is 13.0 Å². The second-order valence-electron chi connectivity index (χ2n) is 1.86. The second-order valence-corrected chi connectivity index (χ2v) is 1.86. The molecule has 1 amide bonds. The van der Waals surface area contributed by atoms with Gasteiger partial charge in [0, 0.05) is 6.42 Å². The molecule has 0 aliphatic rings. The second kappa shape index (κ2) is 4.09. The van der Waals surface area contributed by atoms with Gasteiger partial charge in [0.25, 0.3) is 0 Å². The molecule has 1 N–H and O–H groups in total. The lowest BCUT2D eigenvalue weighted by Gasteiger charge is -1.98. The van der Waals surface area contributed by atoms with Gasteiger partial charge in [-0.2, -0.15) is 0 Å². The molecule has 3 nitrogen and oxygen atoms in total. The molecule has 52 valence electrons. The fourth-order valence-corrected chi connectivity index (χ4v) is 0.424. The molecule has 0 aliphatic heterocycles. The van der Waals surface area contributed by atoms with Crippen LogP contribution in [-0.2, 0) is 9.63 Å². The zero-order valence-corrected chi connectivity index (χ0v) is 5.73. The van der Waals surface area contributed by atoms with Crippen LogP contribution >= 0.6 is 0 Å². The molecule has 0 rings (SSSR count). The maximum atomic E-state index is 10.6. The summed E-state index contributed by atoms with van der Waals surface area (Å²) in [5.74, 6) is -0.162. The largest absolute Gasteiger partial charge is 0.277 e. The molecule has 0 heterocycles. The van der Waals surface area contributed by atoms with Crippen molar-refractivity contribution in [3.05, 3.63) is 12.2 Å². The molecule has 0 fully saturated rings. The summed E-state index contributed by atoms with van der Waals surface area (Å²) < 4.78 is 0. The normalized spacial score (nSPS) is 8.67. The SMILES string of the molecule is C=C(C)CC(=O)NOC. The minimum absolute atomic E-state index is 0.162. The van der Waals surface area contributed by atoms with Gasteiger partial charge in [0.15, 0.2) is 0 Å². The summed E-state index contributed by atoms with van der Waals surface area (Å²) in [6, 6.07) is 0. The Balaban J connectivity index is 3.39. The third-order valence-electron chi connectivity index (χ3n) is 0.678. The zero-order chi connectivity index (χ0) is 7.28. The van der Waals surface area contributed by atoms with E-state index in [-0.39, 0.29) is 5.91 Å². The molecule has 0 saturated carbocycles. The van der Waals surface area contributed by atoms with Crippen molar-refractivity contribution in [1.82, 2.24) is 5.48 Å². The Bertz CT molecular complexity index is 120. The minimum atomic E-state index is -0.162. The van der Waals surface area contributed by atoms with Crippen molar-refractivity contribution in [2.75, 3.05) is 7.11 Å². The summed E-state index contributed by atoms with van der Waals surface area (Å²) in [7, 11) is 1.40. The van der Waals surface area contributed by atoms with E-state index in [0.717, 1.165) is 5.57 Å². The third-order valence-corrected chi connectivity index (χ3v) is 0.678. The lowest BCUT2D eigenvalue weighted by atomic mass is 10.2. The Labute approximate surface area is 54.7 Å². The van der Waals surface area contributed by atoms with Gasteiger partial charge in [0.1, 0.15) is 0 Å². The van der Waals surface area contributed by atoms with E-state index in [1.165, 1.54) is 7.11 Å².